The zero-order valence-corrected chi connectivity index (χ0v) is 15.1. The van der Waals surface area contributed by atoms with Crippen molar-refractivity contribution in [2.75, 3.05) is 32.7 Å². The van der Waals surface area contributed by atoms with Gasteiger partial charge in [0.2, 0.25) is 0 Å². The van der Waals surface area contributed by atoms with Crippen molar-refractivity contribution in [3.63, 3.8) is 0 Å². The molecule has 1 saturated heterocycles. The minimum atomic E-state index is 0.951. The van der Waals surface area contributed by atoms with E-state index in [4.69, 9.17) is 0 Å². The van der Waals surface area contributed by atoms with E-state index in [2.05, 4.69) is 62.2 Å². The number of hydrogen-bond donors (Lipinski definition) is 1. The smallest absolute Gasteiger partial charge is 0.137 e. The van der Waals surface area contributed by atoms with Crippen LogP contribution in [0, 0.1) is 0 Å². The highest BCUT2D eigenvalue weighted by molar-refractivity contribution is 5.54. The van der Waals surface area contributed by atoms with Crippen LogP contribution in [0.15, 0.2) is 66.9 Å². The van der Waals surface area contributed by atoms with Gasteiger partial charge in [-0.2, -0.15) is 0 Å². The van der Waals surface area contributed by atoms with E-state index in [9.17, 15) is 0 Å². The Morgan fingerprint density at radius 2 is 1.46 bits per heavy atom. The molecule has 4 rings (SSSR count). The van der Waals surface area contributed by atoms with Crippen molar-refractivity contribution in [2.24, 2.45) is 0 Å². The standard InChI is InChI=1S/C22H26N4/c1-3-7-19(8-4-1)11-12-25-13-15-26(16-14-25)18-21-17-23-22(24-21)20-9-5-2-6-10-20/h1-10,17H,11-16,18H2,(H,23,24). The molecule has 4 nitrogen and oxygen atoms in total. The number of nitrogens with zero attached hydrogens (tertiary/aromatic N) is 3. The van der Waals surface area contributed by atoms with E-state index in [0.717, 1.165) is 57.1 Å². The first-order valence-corrected chi connectivity index (χ1v) is 9.45. The van der Waals surface area contributed by atoms with Crippen LogP contribution in [0.4, 0.5) is 0 Å². The molecule has 3 aromatic rings. The first-order chi connectivity index (χ1) is 12.9. The van der Waals surface area contributed by atoms with E-state index in [1.807, 2.05) is 24.4 Å². The monoisotopic (exact) mass is 346 g/mol. The number of nitrogens with one attached hydrogen (secondary N) is 1. The number of imidazole rings is 1. The number of rotatable bonds is 6. The van der Waals surface area contributed by atoms with Crippen LogP contribution >= 0.6 is 0 Å². The van der Waals surface area contributed by atoms with Gasteiger partial charge in [-0.25, -0.2) is 4.98 Å². The Balaban J connectivity index is 1.25. The SMILES string of the molecule is c1ccc(CCN2CCN(Cc3cnc(-c4ccccc4)[nH]3)CC2)cc1. The zero-order valence-electron chi connectivity index (χ0n) is 15.1. The largest absolute Gasteiger partial charge is 0.341 e. The zero-order chi connectivity index (χ0) is 17.6. The molecule has 26 heavy (non-hydrogen) atoms. The van der Waals surface area contributed by atoms with E-state index in [0.29, 0.717) is 0 Å². The molecule has 1 aromatic heterocycles. The fraction of sp³-hybridized carbons (Fsp3) is 0.318. The van der Waals surface area contributed by atoms with Crippen molar-refractivity contribution in [1.82, 2.24) is 19.8 Å². The lowest BCUT2D eigenvalue weighted by Crippen LogP contribution is -2.46. The Morgan fingerprint density at radius 3 is 2.19 bits per heavy atom. The Hall–Kier alpha value is -2.43. The molecule has 0 unspecified atom stereocenters. The van der Waals surface area contributed by atoms with Crippen molar-refractivity contribution in [3.8, 4) is 11.4 Å². The quantitative estimate of drug-likeness (QED) is 0.743. The average Bonchev–Trinajstić information content (AvgIpc) is 3.17. The van der Waals surface area contributed by atoms with Crippen LogP contribution in [0.5, 0.6) is 0 Å². The summed E-state index contributed by atoms with van der Waals surface area (Å²) in [7, 11) is 0. The van der Waals surface area contributed by atoms with E-state index in [1.54, 1.807) is 0 Å². The lowest BCUT2D eigenvalue weighted by molar-refractivity contribution is 0.127. The Labute approximate surface area is 155 Å². The highest BCUT2D eigenvalue weighted by Crippen LogP contribution is 2.16. The molecule has 0 atom stereocenters. The lowest BCUT2D eigenvalue weighted by Gasteiger charge is -2.34. The highest BCUT2D eigenvalue weighted by Gasteiger charge is 2.17. The van der Waals surface area contributed by atoms with Gasteiger partial charge in [0.05, 0.1) is 0 Å². The Morgan fingerprint density at radius 1 is 0.808 bits per heavy atom. The lowest BCUT2D eigenvalue weighted by atomic mass is 10.1. The van der Waals surface area contributed by atoms with Crippen molar-refractivity contribution >= 4 is 0 Å². The summed E-state index contributed by atoms with van der Waals surface area (Å²) in [6.07, 6.45) is 3.12. The molecule has 1 aliphatic rings. The van der Waals surface area contributed by atoms with Gasteiger partial charge in [0, 0.05) is 56.7 Å². The molecule has 2 heterocycles. The molecular weight excluding hydrogens is 320 g/mol. The van der Waals surface area contributed by atoms with Gasteiger partial charge in [0.15, 0.2) is 0 Å². The first-order valence-electron chi connectivity index (χ1n) is 9.45. The third-order valence-electron chi connectivity index (χ3n) is 5.09. The Kier molecular flexibility index (Phi) is 5.43. The summed E-state index contributed by atoms with van der Waals surface area (Å²) in [6.45, 7) is 6.63. The summed E-state index contributed by atoms with van der Waals surface area (Å²) in [5.41, 5.74) is 3.77. The maximum absolute atomic E-state index is 4.54. The molecule has 0 aliphatic carbocycles. The second-order valence-electron chi connectivity index (χ2n) is 6.98. The maximum Gasteiger partial charge on any atom is 0.137 e. The molecular formula is C22H26N4. The summed E-state index contributed by atoms with van der Waals surface area (Å²) >= 11 is 0. The molecule has 4 heteroatoms. The predicted octanol–water partition coefficient (Wildman–Crippen LogP) is 3.44. The normalized spacial score (nSPS) is 16.0. The molecule has 2 aromatic carbocycles. The van der Waals surface area contributed by atoms with Crippen LogP contribution in [-0.2, 0) is 13.0 Å². The van der Waals surface area contributed by atoms with Gasteiger partial charge in [-0.3, -0.25) is 4.90 Å². The number of H-pyrrole nitrogens is 1. The maximum atomic E-state index is 4.54. The van der Waals surface area contributed by atoms with Crippen LogP contribution in [0.2, 0.25) is 0 Å². The fourth-order valence-electron chi connectivity index (χ4n) is 3.53. The Bertz CT molecular complexity index is 789. The molecule has 134 valence electrons. The molecule has 1 fully saturated rings. The van der Waals surface area contributed by atoms with Crippen molar-refractivity contribution in [2.45, 2.75) is 13.0 Å². The predicted molar refractivity (Wildman–Crippen MR) is 106 cm³/mol. The molecule has 0 spiro atoms. The summed E-state index contributed by atoms with van der Waals surface area (Å²) in [6, 6.07) is 21.1. The van der Waals surface area contributed by atoms with E-state index in [-0.39, 0.29) is 0 Å². The summed E-state index contributed by atoms with van der Waals surface area (Å²) in [5.74, 6) is 0.960. The van der Waals surface area contributed by atoms with E-state index < -0.39 is 0 Å². The van der Waals surface area contributed by atoms with E-state index >= 15 is 0 Å². The third kappa shape index (κ3) is 4.40. The number of aromatic amines is 1. The minimum absolute atomic E-state index is 0.951. The van der Waals surface area contributed by atoms with Crippen LogP contribution in [0.25, 0.3) is 11.4 Å². The molecule has 1 N–H and O–H groups in total. The van der Waals surface area contributed by atoms with Gasteiger partial charge in [0.25, 0.3) is 0 Å². The van der Waals surface area contributed by atoms with Crippen LogP contribution in [0.3, 0.4) is 0 Å². The highest BCUT2D eigenvalue weighted by atomic mass is 15.3. The molecule has 1 aliphatic heterocycles. The third-order valence-corrected chi connectivity index (χ3v) is 5.09. The number of hydrogen-bond acceptors (Lipinski definition) is 3. The molecule has 0 saturated carbocycles. The second kappa shape index (κ2) is 8.30. The van der Waals surface area contributed by atoms with Crippen LogP contribution in [0.1, 0.15) is 11.3 Å². The molecule has 0 radical (unpaired) electrons. The topological polar surface area (TPSA) is 35.2 Å². The minimum Gasteiger partial charge on any atom is -0.341 e. The summed E-state index contributed by atoms with van der Waals surface area (Å²) < 4.78 is 0. The number of benzene rings is 2. The van der Waals surface area contributed by atoms with Gasteiger partial charge in [0.1, 0.15) is 5.82 Å². The van der Waals surface area contributed by atoms with Crippen molar-refractivity contribution in [1.29, 1.82) is 0 Å². The van der Waals surface area contributed by atoms with Gasteiger partial charge in [-0.1, -0.05) is 60.7 Å². The van der Waals surface area contributed by atoms with Crippen molar-refractivity contribution in [3.05, 3.63) is 78.1 Å². The number of aromatic nitrogens is 2. The van der Waals surface area contributed by atoms with Crippen LogP contribution in [-0.4, -0.2) is 52.5 Å². The van der Waals surface area contributed by atoms with Crippen molar-refractivity contribution < 1.29 is 0 Å². The first kappa shape index (κ1) is 17.0. The van der Waals surface area contributed by atoms with Crippen LogP contribution < -0.4 is 0 Å². The molecule has 0 amide bonds. The fourth-order valence-corrected chi connectivity index (χ4v) is 3.53. The summed E-state index contributed by atoms with van der Waals surface area (Å²) in [4.78, 5) is 13.1. The van der Waals surface area contributed by atoms with Gasteiger partial charge in [-0.05, 0) is 12.0 Å². The van der Waals surface area contributed by atoms with Gasteiger partial charge < -0.3 is 9.88 Å². The summed E-state index contributed by atoms with van der Waals surface area (Å²) in [5, 5.41) is 0. The molecule has 0 bridgehead atoms. The van der Waals surface area contributed by atoms with Gasteiger partial charge in [-0.15, -0.1) is 0 Å². The second-order valence-corrected chi connectivity index (χ2v) is 6.98. The number of piperazine rings is 1. The average molecular weight is 346 g/mol. The van der Waals surface area contributed by atoms with E-state index in [1.165, 1.54) is 11.3 Å². The van der Waals surface area contributed by atoms with Gasteiger partial charge >= 0.3 is 0 Å².